The number of nitrogens with zero attached hydrogens (tertiary/aromatic N) is 1. The van der Waals surface area contributed by atoms with E-state index in [4.69, 9.17) is 14.2 Å². The summed E-state index contributed by atoms with van der Waals surface area (Å²) in [5.74, 6) is 1.56. The molecule has 0 saturated carbocycles. The minimum atomic E-state index is -3.76. The molecule has 1 N–H and O–H groups in total. The zero-order chi connectivity index (χ0) is 18.0. The second kappa shape index (κ2) is 6.72. The fraction of sp³-hybridized carbons (Fsp3) is 0.294. The number of fused-ring (bicyclic) bond motifs is 1. The Labute approximate surface area is 147 Å². The number of rotatable bonds is 5. The van der Waals surface area contributed by atoms with E-state index in [9.17, 15) is 8.42 Å². The third-order valence-electron chi connectivity index (χ3n) is 3.97. The van der Waals surface area contributed by atoms with Crippen molar-refractivity contribution in [2.75, 3.05) is 44.0 Å². The Morgan fingerprint density at radius 3 is 2.56 bits per heavy atom. The van der Waals surface area contributed by atoms with Crippen molar-refractivity contribution >= 4 is 21.4 Å². The maximum Gasteiger partial charge on any atom is 0.262 e. The monoisotopic (exact) mass is 364 g/mol. The summed E-state index contributed by atoms with van der Waals surface area (Å²) < 4.78 is 43.8. The second-order valence-corrected chi connectivity index (χ2v) is 7.26. The average Bonchev–Trinajstić information content (AvgIpc) is 2.61. The van der Waals surface area contributed by atoms with Crippen LogP contribution in [0.2, 0.25) is 0 Å². The molecule has 25 heavy (non-hydrogen) atoms. The number of hydrogen-bond acceptors (Lipinski definition) is 6. The van der Waals surface area contributed by atoms with Crippen LogP contribution in [0.4, 0.5) is 11.4 Å². The van der Waals surface area contributed by atoms with E-state index >= 15 is 0 Å². The highest BCUT2D eigenvalue weighted by molar-refractivity contribution is 7.92. The van der Waals surface area contributed by atoms with E-state index in [2.05, 4.69) is 4.72 Å². The standard InChI is InChI=1S/C17H20N2O5S/c1-19-8-9-24-15-6-4-12(10-14(15)19)18-25(20,21)13-5-7-16(22-2)17(11-13)23-3/h4-7,10-11,18H,8-9H2,1-3H3. The van der Waals surface area contributed by atoms with Crippen LogP contribution in [0.5, 0.6) is 17.2 Å². The Morgan fingerprint density at radius 2 is 1.84 bits per heavy atom. The van der Waals surface area contributed by atoms with Gasteiger partial charge in [0.05, 0.1) is 37.0 Å². The molecule has 3 rings (SSSR count). The molecule has 0 aliphatic carbocycles. The predicted octanol–water partition coefficient (Wildman–Crippen LogP) is 2.33. The van der Waals surface area contributed by atoms with Crippen molar-refractivity contribution in [3.8, 4) is 17.2 Å². The van der Waals surface area contributed by atoms with Gasteiger partial charge in [0, 0.05) is 13.1 Å². The van der Waals surface area contributed by atoms with Crippen LogP contribution in [0, 0.1) is 0 Å². The van der Waals surface area contributed by atoms with Gasteiger partial charge in [-0.25, -0.2) is 8.42 Å². The van der Waals surface area contributed by atoms with Crippen LogP contribution in [0.25, 0.3) is 0 Å². The zero-order valence-electron chi connectivity index (χ0n) is 14.3. The number of benzene rings is 2. The Bertz CT molecular complexity index is 883. The van der Waals surface area contributed by atoms with Crippen molar-refractivity contribution < 1.29 is 22.6 Å². The van der Waals surface area contributed by atoms with Crippen LogP contribution in [-0.4, -0.2) is 42.8 Å². The Morgan fingerprint density at radius 1 is 1.08 bits per heavy atom. The molecule has 8 heteroatoms. The number of likely N-dealkylation sites (N-methyl/N-ethyl adjacent to an activating group) is 1. The largest absolute Gasteiger partial charge is 0.493 e. The highest BCUT2D eigenvalue weighted by atomic mass is 32.2. The summed E-state index contributed by atoms with van der Waals surface area (Å²) in [6.45, 7) is 1.36. The van der Waals surface area contributed by atoms with E-state index in [0.29, 0.717) is 23.8 Å². The Balaban J connectivity index is 1.90. The van der Waals surface area contributed by atoms with Crippen molar-refractivity contribution in [1.82, 2.24) is 0 Å². The first-order valence-electron chi connectivity index (χ1n) is 7.67. The number of nitrogens with one attached hydrogen (secondary N) is 1. The lowest BCUT2D eigenvalue weighted by atomic mass is 10.2. The molecule has 2 aromatic carbocycles. The molecule has 0 spiro atoms. The summed E-state index contributed by atoms with van der Waals surface area (Å²) in [6.07, 6.45) is 0. The molecule has 0 saturated heterocycles. The number of anilines is 2. The third-order valence-corrected chi connectivity index (χ3v) is 5.35. The molecule has 1 aliphatic rings. The number of sulfonamides is 1. The van der Waals surface area contributed by atoms with Gasteiger partial charge in [0.2, 0.25) is 0 Å². The van der Waals surface area contributed by atoms with Gasteiger partial charge in [0.25, 0.3) is 10.0 Å². The van der Waals surface area contributed by atoms with Crippen molar-refractivity contribution in [1.29, 1.82) is 0 Å². The smallest absolute Gasteiger partial charge is 0.262 e. The summed E-state index contributed by atoms with van der Waals surface area (Å²) in [5, 5.41) is 0. The summed E-state index contributed by atoms with van der Waals surface area (Å²) in [4.78, 5) is 2.11. The van der Waals surface area contributed by atoms with E-state index in [1.807, 2.05) is 11.9 Å². The van der Waals surface area contributed by atoms with Gasteiger partial charge < -0.3 is 19.1 Å². The van der Waals surface area contributed by atoms with Gasteiger partial charge in [0.1, 0.15) is 12.4 Å². The lowest BCUT2D eigenvalue weighted by molar-refractivity contribution is 0.311. The van der Waals surface area contributed by atoms with Crippen LogP contribution in [0.15, 0.2) is 41.3 Å². The predicted molar refractivity (Wildman–Crippen MR) is 95.6 cm³/mol. The normalized spacial score (nSPS) is 13.6. The third kappa shape index (κ3) is 3.43. The van der Waals surface area contributed by atoms with Crippen LogP contribution in [-0.2, 0) is 10.0 Å². The molecule has 0 unspecified atom stereocenters. The van der Waals surface area contributed by atoms with Crippen LogP contribution >= 0.6 is 0 Å². The molecule has 0 aromatic heterocycles. The summed E-state index contributed by atoms with van der Waals surface area (Å²) in [7, 11) is 1.13. The topological polar surface area (TPSA) is 77.1 Å². The van der Waals surface area contributed by atoms with E-state index in [1.54, 1.807) is 24.3 Å². The summed E-state index contributed by atoms with van der Waals surface area (Å²) in [6, 6.07) is 9.65. The fourth-order valence-corrected chi connectivity index (χ4v) is 3.68. The van der Waals surface area contributed by atoms with Gasteiger partial charge in [-0.3, -0.25) is 4.72 Å². The Kier molecular flexibility index (Phi) is 4.63. The Hall–Kier alpha value is -2.61. The van der Waals surface area contributed by atoms with Crippen LogP contribution in [0.3, 0.4) is 0 Å². The first-order valence-corrected chi connectivity index (χ1v) is 9.16. The molecule has 134 valence electrons. The van der Waals surface area contributed by atoms with E-state index in [-0.39, 0.29) is 4.90 Å². The van der Waals surface area contributed by atoms with Gasteiger partial charge in [-0.05, 0) is 30.3 Å². The zero-order valence-corrected chi connectivity index (χ0v) is 15.1. The molecule has 1 heterocycles. The van der Waals surface area contributed by atoms with Crippen LogP contribution < -0.4 is 23.8 Å². The molecule has 0 atom stereocenters. The van der Waals surface area contributed by atoms with Crippen molar-refractivity contribution in [3.63, 3.8) is 0 Å². The maximum atomic E-state index is 12.7. The van der Waals surface area contributed by atoms with Crippen molar-refractivity contribution in [3.05, 3.63) is 36.4 Å². The number of ether oxygens (including phenoxy) is 3. The van der Waals surface area contributed by atoms with E-state index < -0.39 is 10.0 Å². The lowest BCUT2D eigenvalue weighted by Crippen LogP contribution is -2.28. The lowest BCUT2D eigenvalue weighted by Gasteiger charge is -2.28. The molecular weight excluding hydrogens is 344 g/mol. The summed E-state index contributed by atoms with van der Waals surface area (Å²) >= 11 is 0. The number of methoxy groups -OCH3 is 2. The van der Waals surface area contributed by atoms with Gasteiger partial charge in [0.15, 0.2) is 11.5 Å². The fourth-order valence-electron chi connectivity index (χ4n) is 2.61. The molecule has 0 bridgehead atoms. The maximum absolute atomic E-state index is 12.7. The van der Waals surface area contributed by atoms with Crippen molar-refractivity contribution in [2.45, 2.75) is 4.90 Å². The highest BCUT2D eigenvalue weighted by Crippen LogP contribution is 2.34. The van der Waals surface area contributed by atoms with Gasteiger partial charge in [-0.1, -0.05) is 0 Å². The SMILES string of the molecule is COc1ccc(S(=O)(=O)Nc2ccc3c(c2)N(C)CCO3)cc1OC. The summed E-state index contributed by atoms with van der Waals surface area (Å²) in [5.41, 5.74) is 1.31. The minimum absolute atomic E-state index is 0.0903. The van der Waals surface area contributed by atoms with Gasteiger partial charge in [-0.15, -0.1) is 0 Å². The first kappa shape index (κ1) is 17.2. The molecule has 0 fully saturated rings. The van der Waals surface area contributed by atoms with E-state index in [1.165, 1.54) is 26.4 Å². The van der Waals surface area contributed by atoms with Gasteiger partial charge in [-0.2, -0.15) is 0 Å². The first-order chi connectivity index (χ1) is 11.9. The molecule has 0 radical (unpaired) electrons. The molecule has 7 nitrogen and oxygen atoms in total. The highest BCUT2D eigenvalue weighted by Gasteiger charge is 2.20. The quantitative estimate of drug-likeness (QED) is 0.877. The average molecular weight is 364 g/mol. The molecular formula is C17H20N2O5S. The molecule has 2 aromatic rings. The molecule has 1 aliphatic heterocycles. The molecule has 0 amide bonds. The van der Waals surface area contributed by atoms with Crippen molar-refractivity contribution in [2.24, 2.45) is 0 Å². The number of hydrogen-bond donors (Lipinski definition) is 1. The second-order valence-electron chi connectivity index (χ2n) is 5.57. The van der Waals surface area contributed by atoms with E-state index in [0.717, 1.165) is 18.0 Å². The van der Waals surface area contributed by atoms with Crippen LogP contribution in [0.1, 0.15) is 0 Å². The van der Waals surface area contributed by atoms with Gasteiger partial charge >= 0.3 is 0 Å². The minimum Gasteiger partial charge on any atom is -0.493 e.